The zero-order chi connectivity index (χ0) is 26.1. The standard InChI is InChI=1S/C15H12F3NO4S.C6H3Cl2NO2/c1-24(21,22)12-6-9(15(16,17)18)4-5-10(12)13(20)11-7-19-23-14(11)8-2-3-8;7-3-1-2-4(8)9-5(3)6(10)11/h4-8H,2-3H2,1H3;1-2H,(H,10,11). The molecule has 2 heterocycles. The SMILES string of the molecule is CS(=O)(=O)c1cc(C(F)(F)F)ccc1C(=O)c1cnoc1C1CC1.O=C(O)c1nc(Cl)ccc1Cl. The van der Waals surface area contributed by atoms with Crippen LogP contribution in [-0.2, 0) is 16.0 Å². The number of ketones is 1. The van der Waals surface area contributed by atoms with E-state index in [0.29, 0.717) is 17.9 Å². The van der Waals surface area contributed by atoms with Gasteiger partial charge in [0, 0.05) is 17.7 Å². The van der Waals surface area contributed by atoms with E-state index in [4.69, 9.17) is 32.8 Å². The van der Waals surface area contributed by atoms with Crippen molar-refractivity contribution in [1.29, 1.82) is 0 Å². The minimum Gasteiger partial charge on any atom is -0.476 e. The Hall–Kier alpha value is -2.96. The zero-order valence-corrected chi connectivity index (χ0v) is 20.0. The summed E-state index contributed by atoms with van der Waals surface area (Å²) < 4.78 is 67.3. The molecule has 0 bridgehead atoms. The van der Waals surface area contributed by atoms with Crippen LogP contribution in [-0.4, -0.2) is 41.7 Å². The first-order valence-electron chi connectivity index (χ1n) is 9.66. The average molecular weight is 551 g/mol. The van der Waals surface area contributed by atoms with E-state index in [1.54, 1.807) is 0 Å². The summed E-state index contributed by atoms with van der Waals surface area (Å²) >= 11 is 10.9. The Bertz CT molecular complexity index is 1400. The van der Waals surface area contributed by atoms with Crippen LogP contribution in [0.3, 0.4) is 0 Å². The summed E-state index contributed by atoms with van der Waals surface area (Å²) in [5.41, 5.74) is -1.59. The van der Waals surface area contributed by atoms with Gasteiger partial charge in [-0.15, -0.1) is 0 Å². The number of hydrogen-bond donors (Lipinski definition) is 1. The number of sulfone groups is 1. The number of aromatic nitrogens is 2. The van der Waals surface area contributed by atoms with Gasteiger partial charge >= 0.3 is 12.1 Å². The monoisotopic (exact) mass is 550 g/mol. The van der Waals surface area contributed by atoms with E-state index in [1.165, 1.54) is 18.3 Å². The fraction of sp³-hybridized carbons (Fsp3) is 0.238. The highest BCUT2D eigenvalue weighted by Crippen LogP contribution is 2.42. The second-order valence-electron chi connectivity index (χ2n) is 7.46. The molecule has 2 aromatic heterocycles. The van der Waals surface area contributed by atoms with E-state index in [9.17, 15) is 31.2 Å². The Morgan fingerprint density at radius 2 is 1.77 bits per heavy atom. The predicted molar refractivity (Wildman–Crippen MR) is 118 cm³/mol. The molecule has 0 saturated heterocycles. The molecule has 1 saturated carbocycles. The summed E-state index contributed by atoms with van der Waals surface area (Å²) in [4.78, 5) is 25.9. The normalized spacial score (nSPS) is 13.7. The van der Waals surface area contributed by atoms with E-state index in [2.05, 4.69) is 10.1 Å². The van der Waals surface area contributed by atoms with Gasteiger partial charge in [-0.2, -0.15) is 13.2 Å². The molecule has 0 atom stereocenters. The summed E-state index contributed by atoms with van der Waals surface area (Å²) in [5, 5.41) is 12.2. The van der Waals surface area contributed by atoms with Crippen LogP contribution < -0.4 is 0 Å². The summed E-state index contributed by atoms with van der Waals surface area (Å²) in [6.07, 6.45) is -1.14. The van der Waals surface area contributed by atoms with Crippen LogP contribution in [0.25, 0.3) is 0 Å². The molecule has 0 spiro atoms. The highest BCUT2D eigenvalue weighted by atomic mass is 35.5. The largest absolute Gasteiger partial charge is 0.476 e. The molecular formula is C21H15Cl2F3N2O6S. The second-order valence-corrected chi connectivity index (χ2v) is 10.2. The molecule has 1 aliphatic rings. The Morgan fingerprint density at radius 1 is 1.11 bits per heavy atom. The predicted octanol–water partition coefficient (Wildman–Crippen LogP) is 5.29. The smallest absolute Gasteiger partial charge is 0.416 e. The maximum absolute atomic E-state index is 12.8. The highest BCUT2D eigenvalue weighted by molar-refractivity contribution is 7.90. The van der Waals surface area contributed by atoms with Crippen molar-refractivity contribution >= 4 is 44.8 Å². The van der Waals surface area contributed by atoms with Crippen LogP contribution in [0.1, 0.15) is 56.5 Å². The van der Waals surface area contributed by atoms with Crippen molar-refractivity contribution in [1.82, 2.24) is 10.1 Å². The molecule has 8 nitrogen and oxygen atoms in total. The van der Waals surface area contributed by atoms with Gasteiger partial charge in [-0.1, -0.05) is 28.4 Å². The molecule has 4 rings (SSSR count). The Labute approximate surface area is 206 Å². The number of benzene rings is 1. The first-order valence-corrected chi connectivity index (χ1v) is 12.3. The minimum absolute atomic E-state index is 0.0441. The second kappa shape index (κ2) is 9.96. The van der Waals surface area contributed by atoms with Crippen LogP contribution in [0, 0.1) is 0 Å². The number of carbonyl (C=O) groups is 2. The van der Waals surface area contributed by atoms with E-state index < -0.39 is 38.2 Å². The van der Waals surface area contributed by atoms with Crippen LogP contribution >= 0.6 is 23.2 Å². The Morgan fingerprint density at radius 3 is 2.29 bits per heavy atom. The zero-order valence-electron chi connectivity index (χ0n) is 17.6. The number of carbonyl (C=O) groups excluding carboxylic acids is 1. The van der Waals surface area contributed by atoms with Crippen molar-refractivity contribution in [3.05, 3.63) is 74.8 Å². The van der Waals surface area contributed by atoms with Crippen LogP contribution in [0.2, 0.25) is 10.2 Å². The third kappa shape index (κ3) is 6.38. The van der Waals surface area contributed by atoms with Gasteiger partial charge < -0.3 is 9.63 Å². The number of hydrogen-bond acceptors (Lipinski definition) is 7. The number of alkyl halides is 3. The van der Waals surface area contributed by atoms with Gasteiger partial charge in [0.15, 0.2) is 27.1 Å². The third-order valence-electron chi connectivity index (χ3n) is 4.76. The number of aromatic carboxylic acids is 1. The third-order valence-corrected chi connectivity index (χ3v) is 6.41. The lowest BCUT2D eigenvalue weighted by Gasteiger charge is -2.11. The van der Waals surface area contributed by atoms with Gasteiger partial charge in [-0.25, -0.2) is 18.2 Å². The van der Waals surface area contributed by atoms with Crippen LogP contribution in [0.5, 0.6) is 0 Å². The molecule has 1 aliphatic carbocycles. The van der Waals surface area contributed by atoms with E-state index >= 15 is 0 Å². The maximum atomic E-state index is 12.8. The Kier molecular flexibility index (Phi) is 7.58. The van der Waals surface area contributed by atoms with E-state index in [1.807, 2.05) is 0 Å². The molecule has 0 aliphatic heterocycles. The molecule has 186 valence electrons. The molecule has 0 radical (unpaired) electrons. The quantitative estimate of drug-likeness (QED) is 0.335. The number of pyridine rings is 1. The van der Waals surface area contributed by atoms with Gasteiger partial charge in [0.25, 0.3) is 0 Å². The lowest BCUT2D eigenvalue weighted by molar-refractivity contribution is -0.137. The number of carboxylic acid groups (broad SMARTS) is 1. The molecule has 3 aromatic rings. The number of nitrogens with zero attached hydrogens (tertiary/aromatic N) is 2. The molecule has 1 aromatic carbocycles. The van der Waals surface area contributed by atoms with Crippen LogP contribution in [0.15, 0.2) is 45.9 Å². The fourth-order valence-electron chi connectivity index (χ4n) is 2.97. The summed E-state index contributed by atoms with van der Waals surface area (Å²) in [5.74, 6) is -1.51. The van der Waals surface area contributed by atoms with Gasteiger partial charge in [0.05, 0.1) is 27.2 Å². The van der Waals surface area contributed by atoms with Crippen molar-refractivity contribution in [3.8, 4) is 0 Å². The fourth-order valence-corrected chi connectivity index (χ4v) is 4.20. The molecule has 35 heavy (non-hydrogen) atoms. The number of rotatable bonds is 5. The Balaban J connectivity index is 0.000000261. The van der Waals surface area contributed by atoms with E-state index in [-0.39, 0.29) is 32.9 Å². The van der Waals surface area contributed by atoms with Crippen molar-refractivity contribution in [3.63, 3.8) is 0 Å². The van der Waals surface area contributed by atoms with Crippen LogP contribution in [0.4, 0.5) is 13.2 Å². The van der Waals surface area contributed by atoms with Crippen molar-refractivity contribution in [2.75, 3.05) is 6.26 Å². The molecule has 14 heteroatoms. The lowest BCUT2D eigenvalue weighted by Crippen LogP contribution is -2.13. The van der Waals surface area contributed by atoms with Crippen molar-refractivity contribution in [2.24, 2.45) is 0 Å². The first-order chi connectivity index (χ1) is 16.2. The first kappa shape index (κ1) is 26.6. The van der Waals surface area contributed by atoms with Gasteiger partial charge in [-0.05, 0) is 43.2 Å². The average Bonchev–Trinajstić information content (AvgIpc) is 3.49. The van der Waals surface area contributed by atoms with Crippen molar-refractivity contribution in [2.45, 2.75) is 29.8 Å². The van der Waals surface area contributed by atoms with E-state index in [0.717, 1.165) is 25.2 Å². The number of carboxylic acids is 1. The molecule has 0 amide bonds. The maximum Gasteiger partial charge on any atom is 0.416 e. The van der Waals surface area contributed by atoms with Crippen molar-refractivity contribution < 1.29 is 40.8 Å². The highest BCUT2D eigenvalue weighted by Gasteiger charge is 2.36. The summed E-state index contributed by atoms with van der Waals surface area (Å²) in [6.45, 7) is 0. The molecule has 0 unspecified atom stereocenters. The van der Waals surface area contributed by atoms with Gasteiger partial charge in [-0.3, -0.25) is 4.79 Å². The molecular weight excluding hydrogens is 536 g/mol. The topological polar surface area (TPSA) is 127 Å². The van der Waals surface area contributed by atoms with Gasteiger partial charge in [0.2, 0.25) is 0 Å². The van der Waals surface area contributed by atoms with Gasteiger partial charge in [0.1, 0.15) is 5.15 Å². The minimum atomic E-state index is -4.71. The summed E-state index contributed by atoms with van der Waals surface area (Å²) in [7, 11) is -4.04. The molecule has 1 fully saturated rings. The number of halogens is 5. The summed E-state index contributed by atoms with van der Waals surface area (Å²) in [6, 6.07) is 4.86. The molecule has 1 N–H and O–H groups in total. The lowest BCUT2D eigenvalue weighted by atomic mass is 10.0.